The number of benzene rings is 1. The molecule has 0 radical (unpaired) electrons. The third-order valence-electron chi connectivity index (χ3n) is 3.18. The molecule has 6 nitrogen and oxygen atoms in total. The highest BCUT2D eigenvalue weighted by molar-refractivity contribution is 7.89. The van der Waals surface area contributed by atoms with Gasteiger partial charge in [-0.1, -0.05) is 26.0 Å². The van der Waals surface area contributed by atoms with Gasteiger partial charge in [-0.05, 0) is 36.3 Å². The molecule has 3 N–H and O–H groups in total. The van der Waals surface area contributed by atoms with E-state index in [4.69, 9.17) is 17.4 Å². The Morgan fingerprint density at radius 1 is 1.33 bits per heavy atom. The molecule has 2 rings (SSSR count). The van der Waals surface area contributed by atoms with Gasteiger partial charge >= 0.3 is 0 Å². The zero-order valence-corrected chi connectivity index (χ0v) is 13.5. The molecule has 0 saturated carbocycles. The summed E-state index contributed by atoms with van der Waals surface area (Å²) in [6, 6.07) is 6.56. The van der Waals surface area contributed by atoms with Gasteiger partial charge in [-0.15, -0.1) is 0 Å². The zero-order valence-electron chi connectivity index (χ0n) is 11.9. The second-order valence-corrected chi connectivity index (χ2v) is 7.08. The van der Waals surface area contributed by atoms with Crippen molar-refractivity contribution < 1.29 is 8.42 Å². The number of rotatable bonds is 5. The Morgan fingerprint density at radius 3 is 2.48 bits per heavy atom. The van der Waals surface area contributed by atoms with Gasteiger partial charge < -0.3 is 4.57 Å². The minimum atomic E-state index is -3.64. The van der Waals surface area contributed by atoms with Crippen LogP contribution in [0.1, 0.15) is 31.2 Å². The summed E-state index contributed by atoms with van der Waals surface area (Å²) >= 11 is 5.23. The number of aromatic amines is 1. The molecule has 8 heteroatoms. The van der Waals surface area contributed by atoms with Crippen LogP contribution in [0, 0.1) is 4.77 Å². The number of nitrogens with zero attached hydrogens (tertiary/aromatic N) is 2. The molecule has 0 amide bonds. The van der Waals surface area contributed by atoms with Crippen molar-refractivity contribution in [1.29, 1.82) is 0 Å². The van der Waals surface area contributed by atoms with Gasteiger partial charge in [-0.25, -0.2) is 13.6 Å². The lowest BCUT2D eigenvalue weighted by molar-refractivity contribution is 0.597. The second kappa shape index (κ2) is 6.08. The van der Waals surface area contributed by atoms with E-state index in [1.807, 2.05) is 4.57 Å². The molecule has 2 aromatic rings. The topological polar surface area (TPSA) is 93.8 Å². The number of hydrogen-bond donors (Lipinski definition) is 2. The number of nitrogens with one attached hydrogen (secondary N) is 1. The average molecular weight is 326 g/mol. The summed E-state index contributed by atoms with van der Waals surface area (Å²) in [6.45, 7) is 4.81. The Kier molecular flexibility index (Phi) is 4.60. The Labute approximate surface area is 129 Å². The van der Waals surface area contributed by atoms with E-state index in [0.717, 1.165) is 17.8 Å². The largest absolute Gasteiger partial charge is 0.304 e. The fourth-order valence-corrected chi connectivity index (χ4v) is 2.82. The number of aromatic nitrogens is 3. The van der Waals surface area contributed by atoms with Gasteiger partial charge in [0.1, 0.15) is 5.82 Å². The molecule has 0 saturated heterocycles. The fourth-order valence-electron chi connectivity index (χ4n) is 2.07. The van der Waals surface area contributed by atoms with Crippen LogP contribution in [-0.2, 0) is 23.0 Å². The van der Waals surface area contributed by atoms with Gasteiger partial charge in [0.15, 0.2) is 4.77 Å². The molecular weight excluding hydrogens is 308 g/mol. The van der Waals surface area contributed by atoms with E-state index in [-0.39, 0.29) is 10.8 Å². The minimum Gasteiger partial charge on any atom is -0.304 e. The van der Waals surface area contributed by atoms with E-state index in [1.54, 1.807) is 12.1 Å². The Morgan fingerprint density at radius 2 is 1.95 bits per heavy atom. The van der Waals surface area contributed by atoms with E-state index in [2.05, 4.69) is 24.0 Å². The van der Waals surface area contributed by atoms with Crippen LogP contribution in [0.25, 0.3) is 0 Å². The van der Waals surface area contributed by atoms with Crippen molar-refractivity contribution in [2.24, 2.45) is 5.14 Å². The summed E-state index contributed by atoms with van der Waals surface area (Å²) in [5.41, 5.74) is 1.01. The summed E-state index contributed by atoms with van der Waals surface area (Å²) in [6.07, 6.45) is 0.735. The summed E-state index contributed by atoms with van der Waals surface area (Å²) in [5.74, 6) is 1.20. The van der Waals surface area contributed by atoms with Crippen LogP contribution < -0.4 is 5.14 Å². The molecule has 0 bridgehead atoms. The van der Waals surface area contributed by atoms with E-state index in [9.17, 15) is 8.42 Å². The van der Waals surface area contributed by atoms with Crippen LogP contribution in [0.2, 0.25) is 0 Å². The van der Waals surface area contributed by atoms with Crippen molar-refractivity contribution in [3.63, 3.8) is 0 Å². The smallest absolute Gasteiger partial charge is 0.238 e. The van der Waals surface area contributed by atoms with Gasteiger partial charge in [0.25, 0.3) is 0 Å². The van der Waals surface area contributed by atoms with Crippen molar-refractivity contribution >= 4 is 22.2 Å². The highest BCUT2D eigenvalue weighted by Gasteiger charge is 2.10. The Balaban J connectivity index is 2.14. The maximum Gasteiger partial charge on any atom is 0.238 e. The predicted octanol–water partition coefficient (Wildman–Crippen LogP) is 1.95. The first kappa shape index (κ1) is 15.9. The first-order chi connectivity index (χ1) is 9.79. The quantitative estimate of drug-likeness (QED) is 0.821. The van der Waals surface area contributed by atoms with Gasteiger partial charge in [0.05, 0.1) is 4.90 Å². The molecule has 0 atom stereocenters. The Bertz CT molecular complexity index is 773. The third kappa shape index (κ3) is 3.78. The van der Waals surface area contributed by atoms with Crippen LogP contribution >= 0.6 is 12.2 Å². The molecule has 0 aliphatic heterocycles. The molecule has 0 fully saturated rings. The molecule has 0 unspecified atom stereocenters. The molecule has 0 aliphatic carbocycles. The molecule has 114 valence electrons. The van der Waals surface area contributed by atoms with Crippen LogP contribution in [-0.4, -0.2) is 23.2 Å². The van der Waals surface area contributed by atoms with Crippen molar-refractivity contribution in [3.8, 4) is 0 Å². The molecule has 0 spiro atoms. The molecule has 1 aromatic heterocycles. The van der Waals surface area contributed by atoms with E-state index in [1.165, 1.54) is 12.1 Å². The van der Waals surface area contributed by atoms with Crippen LogP contribution in [0.3, 0.4) is 0 Å². The fraction of sp³-hybridized carbons (Fsp3) is 0.385. The lowest BCUT2D eigenvalue weighted by Gasteiger charge is -2.09. The lowest BCUT2D eigenvalue weighted by Crippen LogP contribution is -2.12. The SMILES string of the molecule is CC(C)c1n[nH]c(=S)n1CCc1ccc(S(N)(=O)=O)cc1. The minimum absolute atomic E-state index is 0.119. The van der Waals surface area contributed by atoms with Crippen molar-refractivity contribution in [1.82, 2.24) is 14.8 Å². The highest BCUT2D eigenvalue weighted by Crippen LogP contribution is 2.14. The molecular formula is C13H18N4O2S2. The van der Waals surface area contributed by atoms with Crippen molar-refractivity contribution in [2.75, 3.05) is 0 Å². The number of aryl methyl sites for hydroxylation is 1. The number of hydrogen-bond acceptors (Lipinski definition) is 4. The maximum atomic E-state index is 11.2. The van der Waals surface area contributed by atoms with E-state index >= 15 is 0 Å². The predicted molar refractivity (Wildman–Crippen MR) is 83.0 cm³/mol. The Hall–Kier alpha value is -1.51. The monoisotopic (exact) mass is 326 g/mol. The lowest BCUT2D eigenvalue weighted by atomic mass is 10.1. The number of H-pyrrole nitrogens is 1. The summed E-state index contributed by atoms with van der Waals surface area (Å²) in [7, 11) is -3.64. The van der Waals surface area contributed by atoms with Crippen molar-refractivity contribution in [2.45, 2.75) is 37.6 Å². The van der Waals surface area contributed by atoms with E-state index in [0.29, 0.717) is 11.3 Å². The number of sulfonamides is 1. The van der Waals surface area contributed by atoms with Gasteiger partial charge in [0.2, 0.25) is 10.0 Å². The van der Waals surface area contributed by atoms with Gasteiger partial charge in [0, 0.05) is 12.5 Å². The maximum absolute atomic E-state index is 11.2. The number of nitrogens with two attached hydrogens (primary N) is 1. The zero-order chi connectivity index (χ0) is 15.6. The molecule has 1 heterocycles. The molecule has 0 aliphatic rings. The highest BCUT2D eigenvalue weighted by atomic mass is 32.2. The second-order valence-electron chi connectivity index (χ2n) is 5.13. The summed E-state index contributed by atoms with van der Waals surface area (Å²) in [5, 5.41) is 12.1. The van der Waals surface area contributed by atoms with Crippen molar-refractivity contribution in [3.05, 3.63) is 40.4 Å². The molecule has 1 aromatic carbocycles. The normalized spacial score (nSPS) is 12.0. The standard InChI is InChI=1S/C13H18N4O2S2/c1-9(2)12-15-16-13(20)17(12)8-7-10-3-5-11(6-4-10)21(14,18)19/h3-6,9H,7-8H2,1-2H3,(H,16,20)(H2,14,18,19). The number of primary sulfonamides is 1. The summed E-state index contributed by atoms with van der Waals surface area (Å²) in [4.78, 5) is 0.119. The van der Waals surface area contributed by atoms with Crippen LogP contribution in [0.5, 0.6) is 0 Å². The first-order valence-electron chi connectivity index (χ1n) is 6.56. The van der Waals surface area contributed by atoms with E-state index < -0.39 is 10.0 Å². The molecule has 21 heavy (non-hydrogen) atoms. The summed E-state index contributed by atoms with van der Waals surface area (Å²) < 4.78 is 25.0. The third-order valence-corrected chi connectivity index (χ3v) is 4.42. The average Bonchev–Trinajstić information content (AvgIpc) is 2.77. The van der Waals surface area contributed by atoms with Crippen LogP contribution in [0.4, 0.5) is 0 Å². The first-order valence-corrected chi connectivity index (χ1v) is 8.51. The van der Waals surface area contributed by atoms with Crippen LogP contribution in [0.15, 0.2) is 29.2 Å². The van der Waals surface area contributed by atoms with Gasteiger partial charge in [-0.3, -0.25) is 5.10 Å². The van der Waals surface area contributed by atoms with Gasteiger partial charge in [-0.2, -0.15) is 5.10 Å².